The Kier molecular flexibility index (Phi) is 12200. The third-order valence-electron chi connectivity index (χ3n) is 0. The van der Waals surface area contributed by atoms with Crippen LogP contribution in [-0.4, -0.2) is 25.2 Å². The van der Waals surface area contributed by atoms with Crippen LogP contribution in [0, 0.1) is 7.43 Å². The average Bonchev–Trinajstić information content (AvgIpc) is 0. The van der Waals surface area contributed by atoms with E-state index in [0.717, 1.165) is 0 Å². The van der Waals surface area contributed by atoms with Gasteiger partial charge in [0.1, 0.15) is 0 Å². The van der Waals surface area contributed by atoms with E-state index >= 15 is 0 Å². The van der Waals surface area contributed by atoms with Crippen molar-refractivity contribution in [1.82, 2.24) is 0 Å². The molecule has 0 bridgehead atoms. The van der Waals surface area contributed by atoms with Crippen molar-refractivity contribution in [1.29, 1.82) is 0 Å². The maximum atomic E-state index is 0. The van der Waals surface area contributed by atoms with Gasteiger partial charge in [-0.05, 0) is 0 Å². The molecule has 0 aliphatic carbocycles. The Labute approximate surface area is 59.3 Å². The van der Waals surface area contributed by atoms with E-state index in [1.54, 1.807) is 0 Å². The molecule has 6 heavy (non-hydrogen) atoms. The molecular weight excluding hydrogens is 251 g/mol. The SMILES string of the molecule is [B].[B].[B].[CH3-].[Ir].[NH2-]. The van der Waals surface area contributed by atoms with Gasteiger partial charge in [0.05, 0.1) is 0 Å². The largest absolute Gasteiger partial charge is 0.693 e. The molecule has 0 saturated heterocycles. The molecule has 0 aromatic carbocycles. The molecule has 10 radical (unpaired) electrons. The number of hydrogen-bond acceptors (Lipinski definition) is 0. The van der Waals surface area contributed by atoms with Gasteiger partial charge in [0.2, 0.25) is 0 Å². The second kappa shape index (κ2) is 207. The Balaban J connectivity index is 0. The summed E-state index contributed by atoms with van der Waals surface area (Å²) in [7, 11) is 0. The van der Waals surface area contributed by atoms with Crippen LogP contribution in [0.25, 0.3) is 6.15 Å². The van der Waals surface area contributed by atoms with E-state index in [1.165, 1.54) is 0 Å². The van der Waals surface area contributed by atoms with Crippen LogP contribution < -0.4 is 0 Å². The van der Waals surface area contributed by atoms with Crippen LogP contribution in [0.4, 0.5) is 0 Å². The van der Waals surface area contributed by atoms with Gasteiger partial charge in [-0.1, -0.05) is 0 Å². The van der Waals surface area contributed by atoms with Crippen molar-refractivity contribution in [3.05, 3.63) is 13.6 Å². The number of nitrogens with two attached hydrogens (primary N) is 1. The fourth-order valence-electron chi connectivity index (χ4n) is 0. The minimum atomic E-state index is 0. The Hall–Kier alpha value is 0.804. The predicted molar refractivity (Wildman–Crippen MR) is 29.0 cm³/mol. The molecule has 0 unspecified atom stereocenters. The molecule has 0 heterocycles. The molecule has 0 aliphatic heterocycles. The molecule has 0 saturated carbocycles. The number of rotatable bonds is 0. The smallest absolute Gasteiger partial charge is 0 e. The van der Waals surface area contributed by atoms with Gasteiger partial charge < -0.3 is 13.6 Å². The van der Waals surface area contributed by atoms with E-state index in [0.29, 0.717) is 0 Å². The van der Waals surface area contributed by atoms with Gasteiger partial charge >= 0.3 is 0 Å². The van der Waals surface area contributed by atoms with Crippen LogP contribution in [0.3, 0.4) is 0 Å². The van der Waals surface area contributed by atoms with Crippen LogP contribution in [-0.2, 0) is 20.1 Å². The van der Waals surface area contributed by atoms with Gasteiger partial charge in [-0.15, -0.1) is 0 Å². The summed E-state index contributed by atoms with van der Waals surface area (Å²) in [4.78, 5) is 0. The topological polar surface area (TPSA) is 33.5 Å². The molecule has 0 aromatic heterocycles. The minimum Gasteiger partial charge on any atom is -0.693 e. The molecule has 5 heteroatoms. The van der Waals surface area contributed by atoms with E-state index < -0.39 is 0 Å². The molecule has 0 fully saturated rings. The molecule has 0 atom stereocenters. The van der Waals surface area contributed by atoms with Gasteiger partial charge in [0.15, 0.2) is 0 Å². The fraction of sp³-hybridized carbons (Fsp3) is 0. The van der Waals surface area contributed by atoms with Crippen molar-refractivity contribution in [3.63, 3.8) is 0 Å². The monoisotopic (exact) mass is 257 g/mol. The second-order valence-corrected chi connectivity index (χ2v) is 0. The Morgan fingerprint density at radius 3 is 0.667 bits per heavy atom. The van der Waals surface area contributed by atoms with Gasteiger partial charge in [-0.3, -0.25) is 0 Å². The van der Waals surface area contributed by atoms with Crippen molar-refractivity contribution >= 4 is 25.2 Å². The van der Waals surface area contributed by atoms with E-state index in [-0.39, 0.29) is 58.9 Å². The van der Waals surface area contributed by atoms with Crippen molar-refractivity contribution in [3.8, 4) is 0 Å². The molecule has 0 rings (SSSR count). The average molecular weight is 256 g/mol. The van der Waals surface area contributed by atoms with Gasteiger partial charge in [0.25, 0.3) is 0 Å². The minimum absolute atomic E-state index is 0. The zero-order valence-corrected chi connectivity index (χ0v) is 6.04. The van der Waals surface area contributed by atoms with Gasteiger partial charge in [-0.25, -0.2) is 0 Å². The van der Waals surface area contributed by atoms with E-state index in [9.17, 15) is 0 Å². The first-order chi connectivity index (χ1) is 0. The van der Waals surface area contributed by atoms with Crippen LogP contribution in [0.5, 0.6) is 0 Å². The summed E-state index contributed by atoms with van der Waals surface area (Å²) in [5.74, 6) is 0. The summed E-state index contributed by atoms with van der Waals surface area (Å²) in [6.45, 7) is 0. The maximum Gasteiger partial charge on any atom is 0 e. The van der Waals surface area contributed by atoms with Crippen LogP contribution in [0.2, 0.25) is 0 Å². The quantitative estimate of drug-likeness (QED) is 0.432. The Bertz CT molecular complexity index is 10.8. The van der Waals surface area contributed by atoms with E-state index in [4.69, 9.17) is 0 Å². The van der Waals surface area contributed by atoms with Crippen molar-refractivity contribution in [2.24, 2.45) is 0 Å². The molecule has 0 spiro atoms. The van der Waals surface area contributed by atoms with Gasteiger partial charge in [-0.2, -0.15) is 0 Å². The second-order valence-electron chi connectivity index (χ2n) is 0. The van der Waals surface area contributed by atoms with Gasteiger partial charge in [0, 0.05) is 45.3 Å². The molecule has 1 nitrogen and oxygen atoms in total. The first kappa shape index (κ1) is 354. The van der Waals surface area contributed by atoms with Crippen molar-refractivity contribution in [2.75, 3.05) is 0 Å². The standard InChI is InChI=1S/CH3.3B.Ir.H2N/h1H3;;;;;1H2/q-1;;;;;-1. The zero-order chi connectivity index (χ0) is 0. The first-order valence-corrected chi connectivity index (χ1v) is 0. The van der Waals surface area contributed by atoms with E-state index in [1.807, 2.05) is 0 Å². The van der Waals surface area contributed by atoms with Crippen LogP contribution in [0.1, 0.15) is 0 Å². The summed E-state index contributed by atoms with van der Waals surface area (Å²) >= 11 is 0. The molecule has 34 valence electrons. The Morgan fingerprint density at radius 1 is 0.667 bits per heavy atom. The Morgan fingerprint density at radius 2 is 0.667 bits per heavy atom. The summed E-state index contributed by atoms with van der Waals surface area (Å²) in [6.07, 6.45) is 0. The summed E-state index contributed by atoms with van der Waals surface area (Å²) in [6, 6.07) is 0. The summed E-state index contributed by atoms with van der Waals surface area (Å²) < 4.78 is 0. The van der Waals surface area contributed by atoms with Crippen molar-refractivity contribution < 1.29 is 20.1 Å². The normalized spacial score (nSPS) is 0. The molecular formula is CH5B3IrN-2. The maximum absolute atomic E-state index is 0. The van der Waals surface area contributed by atoms with E-state index in [2.05, 4.69) is 0 Å². The van der Waals surface area contributed by atoms with Crippen LogP contribution in [0.15, 0.2) is 0 Å². The first-order valence-electron chi connectivity index (χ1n) is 0. The fourth-order valence-corrected chi connectivity index (χ4v) is 0. The van der Waals surface area contributed by atoms with Crippen LogP contribution >= 0.6 is 0 Å². The molecule has 2 N–H and O–H groups in total. The number of hydrogen-bond donors (Lipinski definition) is 0. The third-order valence-corrected chi connectivity index (χ3v) is 0. The molecule has 0 aromatic rings. The predicted octanol–water partition coefficient (Wildman–Crippen LogP) is 0.0225. The molecule has 0 amide bonds. The molecule has 0 aliphatic rings. The van der Waals surface area contributed by atoms with Crippen molar-refractivity contribution in [2.45, 2.75) is 0 Å². The summed E-state index contributed by atoms with van der Waals surface area (Å²) in [5, 5.41) is 0. The third kappa shape index (κ3) is 108. The zero-order valence-electron chi connectivity index (χ0n) is 3.64. The summed E-state index contributed by atoms with van der Waals surface area (Å²) in [5.41, 5.74) is 0.